The molecule has 2 N–H and O–H groups in total. The highest BCUT2D eigenvalue weighted by molar-refractivity contribution is 7.92. The van der Waals surface area contributed by atoms with E-state index in [2.05, 4.69) is 15.8 Å². The Hall–Kier alpha value is -4.67. The fourth-order valence-electron chi connectivity index (χ4n) is 4.26. The van der Waals surface area contributed by atoms with E-state index in [1.54, 1.807) is 61.5 Å². The first-order valence-corrected chi connectivity index (χ1v) is 15.6. The first kappa shape index (κ1) is 32.2. The van der Waals surface area contributed by atoms with Gasteiger partial charge in [-0.3, -0.25) is 13.9 Å². The van der Waals surface area contributed by atoms with E-state index in [-0.39, 0.29) is 29.1 Å². The average molecular weight is 633 g/mol. The molecule has 0 aliphatic carbocycles. The number of hydrogen-bond donors (Lipinski definition) is 2. The molecule has 1 atom stereocenters. The second-order valence-corrected chi connectivity index (χ2v) is 12.3. The van der Waals surface area contributed by atoms with Crippen molar-refractivity contribution in [3.8, 4) is 5.75 Å². The highest BCUT2D eigenvalue weighted by Crippen LogP contribution is 2.31. The Bertz CT molecular complexity index is 1730. The van der Waals surface area contributed by atoms with Gasteiger partial charge in [0.1, 0.15) is 12.3 Å². The van der Waals surface area contributed by atoms with Crippen LogP contribution in [0.1, 0.15) is 35.2 Å². The van der Waals surface area contributed by atoms with Gasteiger partial charge in [0.05, 0.1) is 22.8 Å². The summed E-state index contributed by atoms with van der Waals surface area (Å²) in [7, 11) is -4.10. The van der Waals surface area contributed by atoms with Crippen molar-refractivity contribution in [2.24, 2.45) is 5.10 Å². The molecule has 0 saturated heterocycles. The molecular formula is C33H33ClN4O5S. The molecule has 0 heterocycles. The molecule has 0 saturated carbocycles. The largest absolute Gasteiger partial charge is 0.484 e. The van der Waals surface area contributed by atoms with E-state index in [9.17, 15) is 18.0 Å². The van der Waals surface area contributed by atoms with Crippen LogP contribution in [0.4, 0.5) is 5.69 Å². The Morgan fingerprint density at radius 3 is 2.27 bits per heavy atom. The van der Waals surface area contributed by atoms with Gasteiger partial charge in [0.15, 0.2) is 6.61 Å². The number of halogens is 1. The SMILES string of the molecule is Cc1ccc(S(=O)(=O)N(CC(=O)N/N=C\c2ccc(OCC(=O)N[C@H](C)c3ccccc3)cc2)c2cccc(Cl)c2C)cc1. The normalized spacial score (nSPS) is 12.0. The molecule has 0 fully saturated rings. The zero-order valence-electron chi connectivity index (χ0n) is 24.5. The number of nitrogens with zero attached hydrogens (tertiary/aromatic N) is 2. The van der Waals surface area contributed by atoms with Crippen LogP contribution in [0.5, 0.6) is 5.75 Å². The van der Waals surface area contributed by atoms with Crippen molar-refractivity contribution in [3.05, 3.63) is 124 Å². The molecule has 0 bridgehead atoms. The predicted octanol–water partition coefficient (Wildman–Crippen LogP) is 5.56. The Kier molecular flexibility index (Phi) is 10.8. The van der Waals surface area contributed by atoms with Gasteiger partial charge in [-0.1, -0.05) is 65.7 Å². The van der Waals surface area contributed by atoms with Gasteiger partial charge >= 0.3 is 0 Å². The first-order valence-electron chi connectivity index (χ1n) is 13.8. The van der Waals surface area contributed by atoms with E-state index in [1.165, 1.54) is 18.3 Å². The number of hydrazone groups is 1. The van der Waals surface area contributed by atoms with Crippen LogP contribution in [0.2, 0.25) is 5.02 Å². The van der Waals surface area contributed by atoms with Gasteiger partial charge in [0, 0.05) is 5.02 Å². The van der Waals surface area contributed by atoms with E-state index < -0.39 is 22.5 Å². The zero-order chi connectivity index (χ0) is 31.7. The zero-order valence-corrected chi connectivity index (χ0v) is 26.1. The molecule has 0 aliphatic rings. The molecule has 2 amide bonds. The molecule has 4 rings (SSSR count). The maximum absolute atomic E-state index is 13.6. The molecule has 0 unspecified atom stereocenters. The van der Waals surface area contributed by atoms with Gasteiger partial charge < -0.3 is 10.1 Å². The fraction of sp³-hybridized carbons (Fsp3) is 0.182. The van der Waals surface area contributed by atoms with Crippen LogP contribution in [-0.2, 0) is 19.6 Å². The molecule has 4 aromatic rings. The van der Waals surface area contributed by atoms with Crippen molar-refractivity contribution in [1.82, 2.24) is 10.7 Å². The Morgan fingerprint density at radius 1 is 0.909 bits per heavy atom. The quantitative estimate of drug-likeness (QED) is 0.157. The molecule has 9 nitrogen and oxygen atoms in total. The summed E-state index contributed by atoms with van der Waals surface area (Å²) in [6, 6.07) is 27.5. The number of aryl methyl sites for hydroxylation is 1. The van der Waals surface area contributed by atoms with Crippen LogP contribution in [0.3, 0.4) is 0 Å². The number of anilines is 1. The van der Waals surface area contributed by atoms with Crippen molar-refractivity contribution in [2.45, 2.75) is 31.7 Å². The van der Waals surface area contributed by atoms with Crippen molar-refractivity contribution >= 4 is 45.3 Å². The maximum atomic E-state index is 13.6. The van der Waals surface area contributed by atoms with Gasteiger partial charge in [0.2, 0.25) is 0 Å². The number of carbonyl (C=O) groups is 2. The van der Waals surface area contributed by atoms with Crippen LogP contribution < -0.4 is 19.8 Å². The number of rotatable bonds is 12. The minimum Gasteiger partial charge on any atom is -0.484 e. The van der Waals surface area contributed by atoms with E-state index in [1.807, 2.05) is 44.2 Å². The molecular weight excluding hydrogens is 600 g/mol. The third-order valence-electron chi connectivity index (χ3n) is 6.73. The topological polar surface area (TPSA) is 117 Å². The summed E-state index contributed by atoms with van der Waals surface area (Å²) in [5.41, 5.74) is 5.75. The third kappa shape index (κ3) is 8.46. The summed E-state index contributed by atoms with van der Waals surface area (Å²) >= 11 is 6.28. The number of sulfonamides is 1. The number of ether oxygens (including phenoxy) is 1. The second kappa shape index (κ2) is 14.7. The van der Waals surface area contributed by atoms with Gasteiger partial charge in [-0.2, -0.15) is 5.10 Å². The monoisotopic (exact) mass is 632 g/mol. The smallest absolute Gasteiger partial charge is 0.264 e. The van der Waals surface area contributed by atoms with Crippen molar-refractivity contribution < 1.29 is 22.7 Å². The lowest BCUT2D eigenvalue weighted by Gasteiger charge is -2.25. The lowest BCUT2D eigenvalue weighted by molar-refractivity contribution is -0.123. The highest BCUT2D eigenvalue weighted by Gasteiger charge is 2.28. The predicted molar refractivity (Wildman–Crippen MR) is 173 cm³/mol. The van der Waals surface area contributed by atoms with E-state index in [0.29, 0.717) is 21.9 Å². The summed E-state index contributed by atoms with van der Waals surface area (Å²) in [5.74, 6) is -0.407. The van der Waals surface area contributed by atoms with Crippen LogP contribution in [0.25, 0.3) is 0 Å². The maximum Gasteiger partial charge on any atom is 0.264 e. The summed E-state index contributed by atoms with van der Waals surface area (Å²) < 4.78 is 33.8. The van der Waals surface area contributed by atoms with Crippen LogP contribution in [0, 0.1) is 13.8 Å². The Balaban J connectivity index is 1.36. The average Bonchev–Trinajstić information content (AvgIpc) is 3.01. The number of benzene rings is 4. The molecule has 4 aromatic carbocycles. The summed E-state index contributed by atoms with van der Waals surface area (Å²) in [4.78, 5) is 25.2. The van der Waals surface area contributed by atoms with Gasteiger partial charge in [-0.15, -0.1) is 0 Å². The van der Waals surface area contributed by atoms with Gasteiger partial charge in [-0.25, -0.2) is 13.8 Å². The van der Waals surface area contributed by atoms with Crippen LogP contribution in [-0.4, -0.2) is 39.6 Å². The fourth-order valence-corrected chi connectivity index (χ4v) is 5.90. The number of hydrogen-bond acceptors (Lipinski definition) is 6. The number of nitrogens with one attached hydrogen (secondary N) is 2. The van der Waals surface area contributed by atoms with E-state index in [4.69, 9.17) is 16.3 Å². The third-order valence-corrected chi connectivity index (χ3v) is 8.92. The summed E-state index contributed by atoms with van der Waals surface area (Å²) in [6.07, 6.45) is 1.42. The van der Waals surface area contributed by atoms with Crippen LogP contribution >= 0.6 is 11.6 Å². The summed E-state index contributed by atoms with van der Waals surface area (Å²) in [6.45, 7) is 4.78. The van der Waals surface area contributed by atoms with E-state index >= 15 is 0 Å². The molecule has 0 aromatic heterocycles. The minimum absolute atomic E-state index is 0.0456. The molecule has 0 spiro atoms. The van der Waals surface area contributed by atoms with E-state index in [0.717, 1.165) is 15.4 Å². The first-order chi connectivity index (χ1) is 21.0. The lowest BCUT2D eigenvalue weighted by Crippen LogP contribution is -2.40. The number of amides is 2. The second-order valence-electron chi connectivity index (χ2n) is 10.1. The van der Waals surface area contributed by atoms with Crippen molar-refractivity contribution in [2.75, 3.05) is 17.5 Å². The molecule has 44 heavy (non-hydrogen) atoms. The highest BCUT2D eigenvalue weighted by atomic mass is 35.5. The van der Waals surface area contributed by atoms with Gasteiger partial charge in [0.25, 0.3) is 21.8 Å². The van der Waals surface area contributed by atoms with Crippen LogP contribution in [0.15, 0.2) is 107 Å². The molecule has 0 aliphatic heterocycles. The number of carbonyl (C=O) groups excluding carboxylic acids is 2. The van der Waals surface area contributed by atoms with Crippen molar-refractivity contribution in [3.63, 3.8) is 0 Å². The molecule has 0 radical (unpaired) electrons. The summed E-state index contributed by atoms with van der Waals surface area (Å²) in [5, 5.41) is 7.25. The molecule has 228 valence electrons. The standard InChI is InChI=1S/C33H33ClN4O5S/c1-23-12-18-29(19-13-23)44(41,42)38(31-11-7-10-30(34)24(31)2)21-32(39)37-35-20-26-14-16-28(17-15-26)43-22-33(40)36-25(3)27-8-5-4-6-9-27/h4-20,25H,21-22H2,1-3H3,(H,36,40)(H,37,39)/b35-20-/t25-/m1/s1. The Labute approximate surface area is 262 Å². The Morgan fingerprint density at radius 2 is 1.59 bits per heavy atom. The minimum atomic E-state index is -4.10. The lowest BCUT2D eigenvalue weighted by atomic mass is 10.1. The molecule has 11 heteroatoms. The van der Waals surface area contributed by atoms with Gasteiger partial charge in [-0.05, 0) is 86.0 Å². The van der Waals surface area contributed by atoms with Crippen molar-refractivity contribution in [1.29, 1.82) is 0 Å².